The number of nitrogens with one attached hydrogen (secondary N) is 1. The summed E-state index contributed by atoms with van der Waals surface area (Å²) < 4.78 is 0. The molecule has 1 N–H and O–H groups in total. The number of rotatable bonds is 3. The van der Waals surface area contributed by atoms with Gasteiger partial charge in [0.15, 0.2) is 0 Å². The Labute approximate surface area is 151 Å². The van der Waals surface area contributed by atoms with Crippen molar-refractivity contribution in [1.82, 2.24) is 9.97 Å². The molecule has 4 rings (SSSR count). The highest BCUT2D eigenvalue weighted by Crippen LogP contribution is 2.39. The SMILES string of the molecule is CCc1ccc(Nc2nc(Cl)nc3sc4c(c23)CCCCC4)cc1. The molecule has 1 aromatic carbocycles. The monoisotopic (exact) mass is 357 g/mol. The third-order valence-electron chi connectivity index (χ3n) is 4.66. The number of aromatic nitrogens is 2. The van der Waals surface area contributed by atoms with Crippen molar-refractivity contribution in [3.63, 3.8) is 0 Å². The van der Waals surface area contributed by atoms with Crippen molar-refractivity contribution in [3.05, 3.63) is 45.6 Å². The van der Waals surface area contributed by atoms with Crippen molar-refractivity contribution in [2.24, 2.45) is 0 Å². The predicted octanol–water partition coefficient (Wildman–Crippen LogP) is 5.92. The summed E-state index contributed by atoms with van der Waals surface area (Å²) in [5, 5.41) is 4.95. The zero-order valence-corrected chi connectivity index (χ0v) is 15.3. The Morgan fingerprint density at radius 3 is 2.67 bits per heavy atom. The number of aryl methyl sites for hydroxylation is 3. The van der Waals surface area contributed by atoms with E-state index >= 15 is 0 Å². The van der Waals surface area contributed by atoms with Crippen LogP contribution in [-0.2, 0) is 19.3 Å². The van der Waals surface area contributed by atoms with Gasteiger partial charge in [-0.1, -0.05) is 25.5 Å². The van der Waals surface area contributed by atoms with Gasteiger partial charge in [0.1, 0.15) is 10.6 Å². The van der Waals surface area contributed by atoms with Gasteiger partial charge in [-0.2, -0.15) is 4.98 Å². The molecule has 0 bridgehead atoms. The molecule has 0 amide bonds. The van der Waals surface area contributed by atoms with E-state index in [1.165, 1.54) is 40.7 Å². The Hall–Kier alpha value is -1.65. The first kappa shape index (κ1) is 15.9. The Morgan fingerprint density at radius 2 is 1.88 bits per heavy atom. The molecule has 2 aromatic heterocycles. The molecule has 0 saturated carbocycles. The van der Waals surface area contributed by atoms with Gasteiger partial charge in [-0.05, 0) is 67.0 Å². The lowest BCUT2D eigenvalue weighted by Crippen LogP contribution is -1.98. The number of hydrogen-bond acceptors (Lipinski definition) is 4. The number of fused-ring (bicyclic) bond motifs is 3. The molecule has 1 aliphatic rings. The zero-order chi connectivity index (χ0) is 16.5. The summed E-state index contributed by atoms with van der Waals surface area (Å²) in [6.07, 6.45) is 7.12. The molecule has 5 heteroatoms. The summed E-state index contributed by atoms with van der Waals surface area (Å²) in [7, 11) is 0. The van der Waals surface area contributed by atoms with Crippen molar-refractivity contribution in [3.8, 4) is 0 Å². The quantitative estimate of drug-likeness (QED) is 0.467. The third kappa shape index (κ3) is 3.01. The fourth-order valence-corrected chi connectivity index (χ4v) is 4.84. The molecule has 0 unspecified atom stereocenters. The lowest BCUT2D eigenvalue weighted by molar-refractivity contribution is 0.713. The van der Waals surface area contributed by atoms with Crippen LogP contribution in [0.4, 0.5) is 11.5 Å². The van der Waals surface area contributed by atoms with E-state index in [0.717, 1.165) is 35.6 Å². The first-order valence-electron chi connectivity index (χ1n) is 8.58. The van der Waals surface area contributed by atoms with E-state index in [-0.39, 0.29) is 0 Å². The van der Waals surface area contributed by atoms with Crippen LogP contribution in [0.25, 0.3) is 10.2 Å². The Kier molecular flexibility index (Phi) is 4.42. The van der Waals surface area contributed by atoms with Crippen LogP contribution < -0.4 is 5.32 Å². The van der Waals surface area contributed by atoms with Crippen LogP contribution >= 0.6 is 22.9 Å². The molecule has 3 nitrogen and oxygen atoms in total. The number of thiophene rings is 1. The van der Waals surface area contributed by atoms with Crippen LogP contribution in [0.3, 0.4) is 0 Å². The van der Waals surface area contributed by atoms with Crippen molar-refractivity contribution in [1.29, 1.82) is 0 Å². The van der Waals surface area contributed by atoms with Crippen molar-refractivity contribution in [2.75, 3.05) is 5.32 Å². The number of nitrogens with zero attached hydrogens (tertiary/aromatic N) is 2. The maximum absolute atomic E-state index is 6.18. The molecular formula is C19H20ClN3S. The maximum atomic E-state index is 6.18. The van der Waals surface area contributed by atoms with Gasteiger partial charge in [-0.15, -0.1) is 11.3 Å². The molecule has 0 aliphatic heterocycles. The summed E-state index contributed by atoms with van der Waals surface area (Å²) in [4.78, 5) is 11.4. The van der Waals surface area contributed by atoms with Crippen LogP contribution in [0.15, 0.2) is 24.3 Å². The molecule has 3 aromatic rings. The molecule has 24 heavy (non-hydrogen) atoms. The van der Waals surface area contributed by atoms with Crippen LogP contribution in [0.1, 0.15) is 42.2 Å². The second-order valence-electron chi connectivity index (χ2n) is 6.26. The number of halogens is 1. The normalized spacial score (nSPS) is 14.4. The maximum Gasteiger partial charge on any atom is 0.225 e. The van der Waals surface area contributed by atoms with Crippen molar-refractivity contribution >= 4 is 44.7 Å². The van der Waals surface area contributed by atoms with Gasteiger partial charge in [0.2, 0.25) is 5.28 Å². The van der Waals surface area contributed by atoms with Gasteiger partial charge in [0, 0.05) is 10.6 Å². The third-order valence-corrected chi connectivity index (χ3v) is 6.02. The summed E-state index contributed by atoms with van der Waals surface area (Å²) in [6.45, 7) is 2.16. The van der Waals surface area contributed by atoms with Gasteiger partial charge in [0.05, 0.1) is 5.39 Å². The fraction of sp³-hybridized carbons (Fsp3) is 0.368. The fourth-order valence-electron chi connectivity index (χ4n) is 3.36. The van der Waals surface area contributed by atoms with E-state index in [2.05, 4.69) is 46.5 Å². The van der Waals surface area contributed by atoms with Gasteiger partial charge in [-0.25, -0.2) is 4.98 Å². The highest BCUT2D eigenvalue weighted by atomic mass is 35.5. The minimum absolute atomic E-state index is 0.312. The van der Waals surface area contributed by atoms with Crippen LogP contribution in [0.2, 0.25) is 5.28 Å². The lowest BCUT2D eigenvalue weighted by atomic mass is 10.1. The minimum Gasteiger partial charge on any atom is -0.340 e. The second-order valence-corrected chi connectivity index (χ2v) is 7.68. The molecule has 2 heterocycles. The average Bonchev–Trinajstić information content (AvgIpc) is 2.77. The first-order valence-corrected chi connectivity index (χ1v) is 9.78. The smallest absolute Gasteiger partial charge is 0.225 e. The van der Waals surface area contributed by atoms with E-state index in [1.54, 1.807) is 11.3 Å². The molecule has 0 radical (unpaired) electrons. The molecule has 124 valence electrons. The van der Waals surface area contributed by atoms with Crippen LogP contribution in [0.5, 0.6) is 0 Å². The summed E-state index contributed by atoms with van der Waals surface area (Å²) >= 11 is 7.96. The first-order chi connectivity index (χ1) is 11.7. The van der Waals surface area contributed by atoms with E-state index in [4.69, 9.17) is 11.6 Å². The predicted molar refractivity (Wildman–Crippen MR) is 103 cm³/mol. The van der Waals surface area contributed by atoms with Crippen molar-refractivity contribution in [2.45, 2.75) is 45.4 Å². The van der Waals surface area contributed by atoms with Crippen LogP contribution in [0, 0.1) is 0 Å². The molecule has 0 atom stereocenters. The summed E-state index contributed by atoms with van der Waals surface area (Å²) in [5.41, 5.74) is 3.80. The number of benzene rings is 1. The van der Waals surface area contributed by atoms with Crippen molar-refractivity contribution < 1.29 is 0 Å². The Bertz CT molecular complexity index is 870. The number of anilines is 2. The minimum atomic E-state index is 0.312. The zero-order valence-electron chi connectivity index (χ0n) is 13.7. The lowest BCUT2D eigenvalue weighted by Gasteiger charge is -2.09. The average molecular weight is 358 g/mol. The van der Waals surface area contributed by atoms with Gasteiger partial charge in [0.25, 0.3) is 0 Å². The van der Waals surface area contributed by atoms with Gasteiger partial charge >= 0.3 is 0 Å². The Balaban J connectivity index is 1.79. The molecule has 0 spiro atoms. The molecular weight excluding hydrogens is 338 g/mol. The molecule has 0 saturated heterocycles. The summed E-state index contributed by atoms with van der Waals surface area (Å²) in [5.74, 6) is 0.841. The van der Waals surface area contributed by atoms with Crippen LogP contribution in [-0.4, -0.2) is 9.97 Å². The standard InChI is InChI=1S/C19H20ClN3S/c1-2-12-8-10-13(11-9-12)21-17-16-14-6-4-3-5-7-15(14)24-18(16)23-19(20)22-17/h8-11H,2-7H2,1H3,(H,21,22,23). The Morgan fingerprint density at radius 1 is 1.08 bits per heavy atom. The van der Waals surface area contributed by atoms with E-state index in [9.17, 15) is 0 Å². The molecule has 0 fully saturated rings. The van der Waals surface area contributed by atoms with E-state index in [1.807, 2.05) is 0 Å². The largest absolute Gasteiger partial charge is 0.340 e. The van der Waals surface area contributed by atoms with E-state index < -0.39 is 0 Å². The van der Waals surface area contributed by atoms with Gasteiger partial charge in [-0.3, -0.25) is 0 Å². The number of hydrogen-bond donors (Lipinski definition) is 1. The topological polar surface area (TPSA) is 37.8 Å². The highest BCUT2D eigenvalue weighted by Gasteiger charge is 2.20. The molecule has 1 aliphatic carbocycles. The second kappa shape index (κ2) is 6.69. The van der Waals surface area contributed by atoms with Gasteiger partial charge < -0.3 is 5.32 Å². The van der Waals surface area contributed by atoms with E-state index in [0.29, 0.717) is 5.28 Å². The summed E-state index contributed by atoms with van der Waals surface area (Å²) in [6, 6.07) is 8.50. The highest BCUT2D eigenvalue weighted by molar-refractivity contribution is 7.19.